The number of hydrogen-bond donors (Lipinski definition) is 1. The van der Waals surface area contributed by atoms with Crippen LogP contribution in [0.15, 0.2) is 40.0 Å². The van der Waals surface area contributed by atoms with Crippen LogP contribution in [0.3, 0.4) is 0 Å². The molecule has 0 fully saturated rings. The van der Waals surface area contributed by atoms with Crippen molar-refractivity contribution in [1.82, 2.24) is 4.98 Å². The third-order valence-corrected chi connectivity index (χ3v) is 3.23. The molecule has 18 heavy (non-hydrogen) atoms. The Morgan fingerprint density at radius 3 is 2.94 bits per heavy atom. The van der Waals surface area contributed by atoms with Crippen LogP contribution in [0.2, 0.25) is 0 Å². The summed E-state index contributed by atoms with van der Waals surface area (Å²) in [5, 5.41) is 14.1. The Labute approximate surface area is 108 Å². The molecule has 0 aliphatic rings. The molecule has 0 aliphatic carbocycles. The Bertz CT molecular complexity index is 542. The van der Waals surface area contributed by atoms with Gasteiger partial charge in [-0.25, -0.2) is 4.98 Å². The number of rotatable bonds is 5. The summed E-state index contributed by atoms with van der Waals surface area (Å²) in [5.41, 5.74) is 0.00514. The van der Waals surface area contributed by atoms with Crippen LogP contribution in [0, 0.1) is 10.1 Å². The van der Waals surface area contributed by atoms with E-state index < -0.39 is 4.92 Å². The molecule has 0 aliphatic heterocycles. The highest BCUT2D eigenvalue weighted by Crippen LogP contribution is 2.30. The molecule has 2 heterocycles. The number of furan rings is 1. The summed E-state index contributed by atoms with van der Waals surface area (Å²) < 4.78 is 5.18. The summed E-state index contributed by atoms with van der Waals surface area (Å²) in [5.74, 6) is 1.86. The number of aromatic nitrogens is 1. The van der Waals surface area contributed by atoms with E-state index in [9.17, 15) is 10.1 Å². The Kier molecular flexibility index (Phi) is 3.83. The fourth-order valence-electron chi connectivity index (χ4n) is 1.35. The van der Waals surface area contributed by atoms with Gasteiger partial charge in [0, 0.05) is 13.1 Å². The summed E-state index contributed by atoms with van der Waals surface area (Å²) >= 11 is 1.28. The van der Waals surface area contributed by atoms with Crippen LogP contribution in [0.1, 0.15) is 5.76 Å². The smallest absolute Gasteiger partial charge is 0.301 e. The second-order valence-electron chi connectivity index (χ2n) is 3.40. The Morgan fingerprint density at radius 1 is 1.50 bits per heavy atom. The van der Waals surface area contributed by atoms with E-state index in [1.54, 1.807) is 25.4 Å². The number of pyridine rings is 1. The van der Waals surface area contributed by atoms with Crippen molar-refractivity contribution in [1.29, 1.82) is 0 Å². The van der Waals surface area contributed by atoms with Gasteiger partial charge in [-0.15, -0.1) is 0 Å². The Morgan fingerprint density at radius 2 is 2.33 bits per heavy atom. The number of thioether (sulfide) groups is 1. The molecule has 0 saturated heterocycles. The largest absolute Gasteiger partial charge is 0.468 e. The lowest BCUT2D eigenvalue weighted by molar-refractivity contribution is -0.388. The van der Waals surface area contributed by atoms with Gasteiger partial charge in [0.1, 0.15) is 11.6 Å². The lowest BCUT2D eigenvalue weighted by Gasteiger charge is -2.04. The van der Waals surface area contributed by atoms with Gasteiger partial charge in [-0.2, -0.15) is 0 Å². The molecule has 0 radical (unpaired) electrons. The minimum absolute atomic E-state index is 0.00514. The first-order chi connectivity index (χ1) is 8.70. The molecule has 0 aromatic carbocycles. The molecule has 6 nitrogen and oxygen atoms in total. The summed E-state index contributed by atoms with van der Waals surface area (Å²) in [6, 6.07) is 6.63. The Balaban J connectivity index is 2.20. The molecule has 0 unspecified atom stereocenters. The number of nitrogens with one attached hydrogen (secondary N) is 1. The Hall–Kier alpha value is -2.02. The van der Waals surface area contributed by atoms with Crippen molar-refractivity contribution in [2.45, 2.75) is 10.8 Å². The lowest BCUT2D eigenvalue weighted by atomic mass is 10.4. The van der Waals surface area contributed by atoms with Crippen molar-refractivity contribution >= 4 is 23.3 Å². The highest BCUT2D eigenvalue weighted by atomic mass is 32.2. The van der Waals surface area contributed by atoms with Crippen LogP contribution < -0.4 is 5.32 Å². The van der Waals surface area contributed by atoms with Crippen molar-refractivity contribution in [2.75, 3.05) is 12.4 Å². The van der Waals surface area contributed by atoms with E-state index in [2.05, 4.69) is 10.3 Å². The summed E-state index contributed by atoms with van der Waals surface area (Å²) in [7, 11) is 1.72. The standard InChI is InChI=1S/C11H11N3O3S/c1-12-10-5-4-9(14(15)16)11(13-10)18-7-8-3-2-6-17-8/h2-6H,7H2,1H3,(H,12,13). The average molecular weight is 265 g/mol. The monoisotopic (exact) mass is 265 g/mol. The van der Waals surface area contributed by atoms with Gasteiger partial charge in [-0.05, 0) is 18.2 Å². The first kappa shape index (κ1) is 12.4. The summed E-state index contributed by atoms with van der Waals surface area (Å²) in [6.45, 7) is 0. The van der Waals surface area contributed by atoms with Crippen molar-refractivity contribution in [3.8, 4) is 0 Å². The molecule has 0 spiro atoms. The van der Waals surface area contributed by atoms with Gasteiger partial charge in [-0.1, -0.05) is 11.8 Å². The van der Waals surface area contributed by atoms with Crippen molar-refractivity contribution < 1.29 is 9.34 Å². The van der Waals surface area contributed by atoms with E-state index in [1.165, 1.54) is 17.8 Å². The van der Waals surface area contributed by atoms with Gasteiger partial charge in [0.2, 0.25) is 0 Å². The first-order valence-electron chi connectivity index (χ1n) is 5.19. The fourth-order valence-corrected chi connectivity index (χ4v) is 2.25. The number of nitrogens with zero attached hydrogens (tertiary/aromatic N) is 2. The molecule has 0 amide bonds. The molecule has 0 atom stereocenters. The second-order valence-corrected chi connectivity index (χ2v) is 4.36. The zero-order valence-electron chi connectivity index (χ0n) is 9.62. The third kappa shape index (κ3) is 2.80. The summed E-state index contributed by atoms with van der Waals surface area (Å²) in [6.07, 6.45) is 1.57. The molecule has 0 bridgehead atoms. The van der Waals surface area contributed by atoms with Gasteiger partial charge in [0.25, 0.3) is 0 Å². The number of nitro groups is 1. The molecule has 0 saturated carbocycles. The average Bonchev–Trinajstić information content (AvgIpc) is 2.88. The van der Waals surface area contributed by atoms with Crippen LogP contribution in [0.25, 0.3) is 0 Å². The topological polar surface area (TPSA) is 81.2 Å². The van der Waals surface area contributed by atoms with E-state index in [1.807, 2.05) is 6.07 Å². The molecule has 7 heteroatoms. The minimum Gasteiger partial charge on any atom is -0.468 e. The van der Waals surface area contributed by atoms with Gasteiger partial charge in [-0.3, -0.25) is 10.1 Å². The molecule has 2 aromatic rings. The van der Waals surface area contributed by atoms with Crippen LogP contribution in [-0.2, 0) is 5.75 Å². The van der Waals surface area contributed by atoms with Crippen LogP contribution in [-0.4, -0.2) is 17.0 Å². The quantitative estimate of drug-likeness (QED) is 0.508. The van der Waals surface area contributed by atoms with Crippen molar-refractivity contribution in [3.05, 3.63) is 46.4 Å². The molecule has 94 valence electrons. The SMILES string of the molecule is CNc1ccc([N+](=O)[O-])c(SCc2ccco2)n1. The van der Waals surface area contributed by atoms with Gasteiger partial charge >= 0.3 is 5.69 Å². The minimum atomic E-state index is -0.434. The molecular weight excluding hydrogens is 254 g/mol. The van der Waals surface area contributed by atoms with Crippen molar-refractivity contribution in [3.63, 3.8) is 0 Å². The maximum absolute atomic E-state index is 10.9. The van der Waals surface area contributed by atoms with Crippen LogP contribution in [0.5, 0.6) is 0 Å². The molecule has 2 rings (SSSR count). The second kappa shape index (κ2) is 5.54. The van der Waals surface area contributed by atoms with Crippen LogP contribution in [0.4, 0.5) is 11.5 Å². The van der Waals surface area contributed by atoms with Crippen molar-refractivity contribution in [2.24, 2.45) is 0 Å². The zero-order chi connectivity index (χ0) is 13.0. The lowest BCUT2D eigenvalue weighted by Crippen LogP contribution is -1.98. The van der Waals surface area contributed by atoms with Crippen LogP contribution >= 0.6 is 11.8 Å². The van der Waals surface area contributed by atoms with Gasteiger partial charge in [0.15, 0.2) is 5.03 Å². The predicted molar refractivity (Wildman–Crippen MR) is 68.7 cm³/mol. The molecule has 2 aromatic heterocycles. The highest BCUT2D eigenvalue weighted by molar-refractivity contribution is 7.98. The van der Waals surface area contributed by atoms with E-state index in [-0.39, 0.29) is 5.69 Å². The third-order valence-electron chi connectivity index (χ3n) is 2.22. The zero-order valence-corrected chi connectivity index (χ0v) is 10.4. The molecular formula is C11H11N3O3S. The van der Waals surface area contributed by atoms with Gasteiger partial charge in [0.05, 0.1) is 16.9 Å². The fraction of sp³-hybridized carbons (Fsp3) is 0.182. The molecule has 1 N–H and O–H groups in total. The first-order valence-corrected chi connectivity index (χ1v) is 6.17. The maximum Gasteiger partial charge on any atom is 0.301 e. The summed E-state index contributed by atoms with van der Waals surface area (Å²) in [4.78, 5) is 14.6. The van der Waals surface area contributed by atoms with E-state index in [4.69, 9.17) is 4.42 Å². The van der Waals surface area contributed by atoms with E-state index in [0.29, 0.717) is 16.6 Å². The normalized spacial score (nSPS) is 10.3. The van der Waals surface area contributed by atoms with Gasteiger partial charge < -0.3 is 9.73 Å². The van der Waals surface area contributed by atoms with E-state index >= 15 is 0 Å². The number of anilines is 1. The maximum atomic E-state index is 10.9. The van der Waals surface area contributed by atoms with E-state index in [0.717, 1.165) is 5.76 Å². The highest BCUT2D eigenvalue weighted by Gasteiger charge is 2.16. The number of hydrogen-bond acceptors (Lipinski definition) is 6. The predicted octanol–water partition coefficient (Wildman–Crippen LogP) is 2.92.